The molecule has 0 aliphatic heterocycles. The van der Waals surface area contributed by atoms with Gasteiger partial charge in [-0.3, -0.25) is 4.79 Å². The van der Waals surface area contributed by atoms with Crippen LogP contribution in [0.15, 0.2) is 53.0 Å². The van der Waals surface area contributed by atoms with Crippen molar-refractivity contribution >= 4 is 11.2 Å². The highest BCUT2D eigenvalue weighted by Crippen LogP contribution is 2.40. The normalized spacial score (nSPS) is 24.6. The van der Waals surface area contributed by atoms with Gasteiger partial charge in [-0.2, -0.15) is 9.61 Å². The molecule has 2 aromatic rings. The van der Waals surface area contributed by atoms with Crippen molar-refractivity contribution in [3.05, 3.63) is 64.3 Å². The van der Waals surface area contributed by atoms with E-state index in [1.54, 1.807) is 6.20 Å². The van der Waals surface area contributed by atoms with Crippen LogP contribution in [0.4, 0.5) is 0 Å². The summed E-state index contributed by atoms with van der Waals surface area (Å²) in [6.45, 7) is 2.30. The quantitative estimate of drug-likeness (QED) is 0.872. The first-order valence-electron chi connectivity index (χ1n) is 7.39. The Morgan fingerprint density at radius 3 is 3.00 bits per heavy atom. The lowest BCUT2D eigenvalue weighted by molar-refractivity contribution is 0.410. The molecule has 2 aliphatic carbocycles. The Bertz CT molecular complexity index is 850. The number of nitrogens with zero attached hydrogens (tertiary/aromatic N) is 2. The van der Waals surface area contributed by atoms with Crippen LogP contribution in [0.2, 0.25) is 0 Å². The van der Waals surface area contributed by atoms with Crippen molar-refractivity contribution < 1.29 is 0 Å². The molecule has 2 heterocycles. The Morgan fingerprint density at radius 2 is 2.14 bits per heavy atom. The molecule has 0 radical (unpaired) electrons. The van der Waals surface area contributed by atoms with Gasteiger partial charge in [-0.05, 0) is 30.3 Å². The van der Waals surface area contributed by atoms with Gasteiger partial charge < -0.3 is 4.98 Å². The zero-order chi connectivity index (χ0) is 14.4. The van der Waals surface area contributed by atoms with Gasteiger partial charge in [0.15, 0.2) is 0 Å². The number of hydrogen-bond acceptors (Lipinski definition) is 2. The van der Waals surface area contributed by atoms with Gasteiger partial charge in [-0.1, -0.05) is 31.2 Å². The van der Waals surface area contributed by atoms with Gasteiger partial charge in [0.2, 0.25) is 0 Å². The Hall–Kier alpha value is -2.36. The average Bonchev–Trinajstić information content (AvgIpc) is 2.93. The number of H-pyrrole nitrogens is 1. The van der Waals surface area contributed by atoms with Gasteiger partial charge in [0.25, 0.3) is 5.56 Å². The summed E-state index contributed by atoms with van der Waals surface area (Å²) >= 11 is 0. The fourth-order valence-electron chi connectivity index (χ4n) is 3.37. The Morgan fingerprint density at radius 1 is 1.29 bits per heavy atom. The molecule has 21 heavy (non-hydrogen) atoms. The molecule has 0 saturated heterocycles. The first kappa shape index (κ1) is 12.4. The first-order valence-corrected chi connectivity index (χ1v) is 7.39. The lowest BCUT2D eigenvalue weighted by Crippen LogP contribution is -2.19. The van der Waals surface area contributed by atoms with Crippen LogP contribution < -0.4 is 5.56 Å². The van der Waals surface area contributed by atoms with Gasteiger partial charge in [-0.15, -0.1) is 0 Å². The molecule has 0 saturated carbocycles. The van der Waals surface area contributed by atoms with Gasteiger partial charge in [0.05, 0.1) is 5.69 Å². The second kappa shape index (κ2) is 4.58. The van der Waals surface area contributed by atoms with Crippen molar-refractivity contribution in [1.82, 2.24) is 14.6 Å². The third-order valence-corrected chi connectivity index (χ3v) is 4.53. The average molecular weight is 279 g/mol. The summed E-state index contributed by atoms with van der Waals surface area (Å²) in [6.07, 6.45) is 12.7. The van der Waals surface area contributed by atoms with Crippen LogP contribution in [0.3, 0.4) is 0 Å². The van der Waals surface area contributed by atoms with Crippen LogP contribution in [-0.4, -0.2) is 14.6 Å². The molecule has 1 N–H and O–H groups in total. The van der Waals surface area contributed by atoms with E-state index in [0.29, 0.717) is 11.8 Å². The maximum atomic E-state index is 11.8. The molecule has 106 valence electrons. The standard InChI is InChI=1S/C17H17N3O/c1-11-4-2-6-13-12(11)5-3-7-14(13)15-10-16-18-9-8-17(21)20(16)19-15/h2-3,6-12,18H,4-5H2,1H3. The monoisotopic (exact) mass is 279 g/mol. The molecule has 2 atom stereocenters. The molecule has 2 aliphatic rings. The van der Waals surface area contributed by atoms with Crippen molar-refractivity contribution in [2.45, 2.75) is 19.8 Å². The van der Waals surface area contributed by atoms with Gasteiger partial charge in [0, 0.05) is 23.9 Å². The zero-order valence-electron chi connectivity index (χ0n) is 11.9. The maximum absolute atomic E-state index is 11.8. The number of hydrogen-bond donors (Lipinski definition) is 1. The Balaban J connectivity index is 1.92. The molecule has 0 spiro atoms. The highest BCUT2D eigenvalue weighted by Gasteiger charge is 2.27. The van der Waals surface area contributed by atoms with E-state index in [-0.39, 0.29) is 5.56 Å². The molecule has 4 rings (SSSR count). The van der Waals surface area contributed by atoms with E-state index in [1.807, 2.05) is 6.07 Å². The third-order valence-electron chi connectivity index (χ3n) is 4.53. The van der Waals surface area contributed by atoms with Crippen molar-refractivity contribution in [2.75, 3.05) is 0 Å². The molecule has 4 nitrogen and oxygen atoms in total. The molecule has 2 aromatic heterocycles. The van der Waals surface area contributed by atoms with Gasteiger partial charge >= 0.3 is 0 Å². The highest BCUT2D eigenvalue weighted by atomic mass is 16.1. The minimum atomic E-state index is -0.107. The minimum Gasteiger partial charge on any atom is -0.346 e. The van der Waals surface area contributed by atoms with E-state index in [2.05, 4.69) is 41.3 Å². The number of aromatic nitrogens is 3. The number of rotatable bonds is 1. The molecule has 0 fully saturated rings. The van der Waals surface area contributed by atoms with E-state index >= 15 is 0 Å². The maximum Gasteiger partial charge on any atom is 0.274 e. The van der Waals surface area contributed by atoms with Crippen LogP contribution in [0, 0.1) is 11.8 Å². The largest absolute Gasteiger partial charge is 0.346 e. The Kier molecular flexibility index (Phi) is 2.70. The predicted molar refractivity (Wildman–Crippen MR) is 82.9 cm³/mol. The molecule has 2 unspecified atom stereocenters. The summed E-state index contributed by atoms with van der Waals surface area (Å²) in [7, 11) is 0. The number of nitrogens with one attached hydrogen (secondary N) is 1. The fourth-order valence-corrected chi connectivity index (χ4v) is 3.37. The molecular weight excluding hydrogens is 262 g/mol. The molecule has 0 amide bonds. The van der Waals surface area contributed by atoms with Crippen LogP contribution in [-0.2, 0) is 0 Å². The second-order valence-electron chi connectivity index (χ2n) is 5.87. The summed E-state index contributed by atoms with van der Waals surface area (Å²) in [5.41, 5.74) is 3.99. The van der Waals surface area contributed by atoms with E-state index in [9.17, 15) is 4.79 Å². The van der Waals surface area contributed by atoms with Crippen molar-refractivity contribution in [2.24, 2.45) is 11.8 Å². The third kappa shape index (κ3) is 1.90. The van der Waals surface area contributed by atoms with Crippen LogP contribution >= 0.6 is 0 Å². The lowest BCUT2D eigenvalue weighted by atomic mass is 9.74. The number of allylic oxidation sites excluding steroid dienone is 6. The summed E-state index contributed by atoms with van der Waals surface area (Å²) < 4.78 is 1.43. The molecule has 0 aromatic carbocycles. The lowest BCUT2D eigenvalue weighted by Gasteiger charge is -2.30. The summed E-state index contributed by atoms with van der Waals surface area (Å²) in [4.78, 5) is 14.9. The molecule has 0 bridgehead atoms. The minimum absolute atomic E-state index is 0.107. The van der Waals surface area contributed by atoms with Crippen molar-refractivity contribution in [1.29, 1.82) is 0 Å². The number of fused-ring (bicyclic) bond motifs is 2. The topological polar surface area (TPSA) is 50.2 Å². The van der Waals surface area contributed by atoms with E-state index in [4.69, 9.17) is 0 Å². The Labute approximate surface area is 122 Å². The van der Waals surface area contributed by atoms with Crippen molar-refractivity contribution in [3.63, 3.8) is 0 Å². The summed E-state index contributed by atoms with van der Waals surface area (Å²) in [6, 6.07) is 3.44. The van der Waals surface area contributed by atoms with Gasteiger partial charge in [0.1, 0.15) is 5.65 Å². The predicted octanol–water partition coefficient (Wildman–Crippen LogP) is 2.95. The number of aromatic amines is 1. The first-order chi connectivity index (χ1) is 10.2. The van der Waals surface area contributed by atoms with Gasteiger partial charge in [-0.25, -0.2) is 0 Å². The van der Waals surface area contributed by atoms with E-state index < -0.39 is 0 Å². The molecular formula is C17H17N3O. The summed E-state index contributed by atoms with van der Waals surface area (Å²) in [5.74, 6) is 1.22. The zero-order valence-corrected chi connectivity index (χ0v) is 11.9. The molecule has 4 heteroatoms. The fraction of sp³-hybridized carbons (Fsp3) is 0.294. The van der Waals surface area contributed by atoms with E-state index in [0.717, 1.165) is 29.8 Å². The van der Waals surface area contributed by atoms with Crippen LogP contribution in [0.5, 0.6) is 0 Å². The smallest absolute Gasteiger partial charge is 0.274 e. The van der Waals surface area contributed by atoms with Crippen LogP contribution in [0.25, 0.3) is 11.2 Å². The van der Waals surface area contributed by atoms with Crippen molar-refractivity contribution in [3.8, 4) is 0 Å². The SMILES string of the molecule is CC1CC=CC2=C(c3cc4[nH]ccc(=O)n4n3)C=CCC21. The second-order valence-corrected chi connectivity index (χ2v) is 5.87. The van der Waals surface area contributed by atoms with E-state index in [1.165, 1.54) is 16.2 Å². The highest BCUT2D eigenvalue weighted by molar-refractivity contribution is 5.79. The van der Waals surface area contributed by atoms with Crippen LogP contribution in [0.1, 0.15) is 25.5 Å². The summed E-state index contributed by atoms with van der Waals surface area (Å²) in [5, 5.41) is 4.48.